The van der Waals surface area contributed by atoms with Crippen molar-refractivity contribution in [1.29, 1.82) is 0 Å². The molecule has 1 atom stereocenters. The average molecular weight is 315 g/mol. The highest BCUT2D eigenvalue weighted by Crippen LogP contribution is 2.30. The summed E-state index contributed by atoms with van der Waals surface area (Å²) < 4.78 is 3.10. The van der Waals surface area contributed by atoms with E-state index in [0.717, 1.165) is 22.4 Å². The van der Waals surface area contributed by atoms with E-state index in [9.17, 15) is 0 Å². The maximum absolute atomic E-state index is 5.67. The third-order valence-electron chi connectivity index (χ3n) is 2.53. The summed E-state index contributed by atoms with van der Waals surface area (Å²) in [7, 11) is 0. The number of nitrogens with zero attached hydrogens (tertiary/aromatic N) is 2. The lowest BCUT2D eigenvalue weighted by Gasteiger charge is -2.16. The van der Waals surface area contributed by atoms with Crippen LogP contribution in [0, 0.1) is 0 Å². The quantitative estimate of drug-likeness (QED) is 0.659. The Morgan fingerprint density at radius 2 is 2.35 bits per heavy atom. The molecule has 0 aliphatic heterocycles. The Morgan fingerprint density at radius 1 is 1.53 bits per heavy atom. The van der Waals surface area contributed by atoms with Crippen molar-refractivity contribution in [3.05, 3.63) is 38.8 Å². The van der Waals surface area contributed by atoms with Crippen LogP contribution in [0.5, 0.6) is 0 Å². The summed E-state index contributed by atoms with van der Waals surface area (Å²) in [4.78, 5) is 1.18. The van der Waals surface area contributed by atoms with Gasteiger partial charge in [-0.25, -0.2) is 5.43 Å². The Bertz CT molecular complexity index is 479. The Hall–Kier alpha value is -0.690. The van der Waals surface area contributed by atoms with Gasteiger partial charge < -0.3 is 0 Å². The molecule has 6 heteroatoms. The molecular formula is C11H15BrN4S. The second-order valence-corrected chi connectivity index (χ2v) is 6.22. The molecule has 2 aromatic rings. The van der Waals surface area contributed by atoms with Gasteiger partial charge in [-0.05, 0) is 40.5 Å². The number of aryl methyl sites for hydroxylation is 1. The molecule has 3 N–H and O–H groups in total. The number of hydrazine groups is 1. The number of rotatable bonds is 5. The Kier molecular flexibility index (Phi) is 4.33. The van der Waals surface area contributed by atoms with E-state index in [4.69, 9.17) is 5.84 Å². The van der Waals surface area contributed by atoms with E-state index in [1.165, 1.54) is 4.88 Å². The molecule has 2 aromatic heterocycles. The number of halogens is 1. The van der Waals surface area contributed by atoms with E-state index in [1.807, 2.05) is 23.0 Å². The standard InChI is InChI=1S/C11H15BrN4S/c1-2-7-16-8(5-6-14-16)11(15-13)9-3-4-10(12)17-9/h3-6,11,15H,2,7,13H2,1H3. The molecule has 0 amide bonds. The van der Waals surface area contributed by atoms with Crippen molar-refractivity contribution in [1.82, 2.24) is 15.2 Å². The van der Waals surface area contributed by atoms with E-state index in [2.05, 4.69) is 39.4 Å². The average Bonchev–Trinajstić information content (AvgIpc) is 2.91. The highest BCUT2D eigenvalue weighted by atomic mass is 79.9. The van der Waals surface area contributed by atoms with E-state index in [1.54, 1.807) is 11.3 Å². The normalized spacial score (nSPS) is 12.9. The van der Waals surface area contributed by atoms with Gasteiger partial charge in [0.25, 0.3) is 0 Å². The van der Waals surface area contributed by atoms with Gasteiger partial charge in [0.2, 0.25) is 0 Å². The van der Waals surface area contributed by atoms with Crippen LogP contribution in [0.4, 0.5) is 0 Å². The lowest BCUT2D eigenvalue weighted by molar-refractivity contribution is 0.524. The van der Waals surface area contributed by atoms with E-state index >= 15 is 0 Å². The number of nitrogens with two attached hydrogens (primary N) is 1. The third kappa shape index (κ3) is 2.77. The van der Waals surface area contributed by atoms with Crippen molar-refractivity contribution in [2.24, 2.45) is 5.84 Å². The van der Waals surface area contributed by atoms with Crippen LogP contribution in [0.1, 0.15) is 30.0 Å². The van der Waals surface area contributed by atoms with Gasteiger partial charge in [-0.2, -0.15) is 5.10 Å². The van der Waals surface area contributed by atoms with Crippen molar-refractivity contribution in [3.8, 4) is 0 Å². The van der Waals surface area contributed by atoms with Crippen LogP contribution in [0.2, 0.25) is 0 Å². The molecule has 92 valence electrons. The largest absolute Gasteiger partial charge is 0.270 e. The summed E-state index contributed by atoms with van der Waals surface area (Å²) in [5.74, 6) is 5.67. The zero-order valence-corrected chi connectivity index (χ0v) is 12.0. The van der Waals surface area contributed by atoms with Gasteiger partial charge in [-0.1, -0.05) is 6.92 Å². The molecule has 2 heterocycles. The van der Waals surface area contributed by atoms with Gasteiger partial charge in [0.15, 0.2) is 0 Å². The summed E-state index contributed by atoms with van der Waals surface area (Å²) >= 11 is 5.15. The number of thiophene rings is 1. The minimum atomic E-state index is 0.000324. The highest BCUT2D eigenvalue weighted by molar-refractivity contribution is 9.11. The Labute approximate surface area is 113 Å². The second-order valence-electron chi connectivity index (χ2n) is 3.72. The summed E-state index contributed by atoms with van der Waals surface area (Å²) in [6.07, 6.45) is 2.87. The van der Waals surface area contributed by atoms with Crippen molar-refractivity contribution < 1.29 is 0 Å². The maximum atomic E-state index is 5.67. The van der Waals surface area contributed by atoms with E-state index in [-0.39, 0.29) is 6.04 Å². The lowest BCUT2D eigenvalue weighted by atomic mass is 10.2. The first-order chi connectivity index (χ1) is 8.26. The van der Waals surface area contributed by atoms with Crippen LogP contribution >= 0.6 is 27.3 Å². The number of nitrogens with one attached hydrogen (secondary N) is 1. The smallest absolute Gasteiger partial charge is 0.0970 e. The number of hydrogen-bond donors (Lipinski definition) is 2. The van der Waals surface area contributed by atoms with Crippen LogP contribution < -0.4 is 11.3 Å². The monoisotopic (exact) mass is 314 g/mol. The first kappa shape index (κ1) is 12.8. The van der Waals surface area contributed by atoms with Crippen LogP contribution in [-0.4, -0.2) is 9.78 Å². The molecule has 17 heavy (non-hydrogen) atoms. The molecule has 0 aromatic carbocycles. The van der Waals surface area contributed by atoms with Crippen molar-refractivity contribution >= 4 is 27.3 Å². The molecule has 0 fully saturated rings. The molecule has 0 radical (unpaired) electrons. The van der Waals surface area contributed by atoms with Gasteiger partial charge >= 0.3 is 0 Å². The topological polar surface area (TPSA) is 55.9 Å². The third-order valence-corrected chi connectivity index (χ3v) is 4.21. The summed E-state index contributed by atoms with van der Waals surface area (Å²) in [6, 6.07) is 6.11. The highest BCUT2D eigenvalue weighted by Gasteiger charge is 2.18. The first-order valence-electron chi connectivity index (χ1n) is 5.49. The fourth-order valence-corrected chi connectivity index (χ4v) is 3.28. The molecular weight excluding hydrogens is 300 g/mol. The SMILES string of the molecule is CCCn1nccc1C(NN)c1ccc(Br)s1. The van der Waals surface area contributed by atoms with Gasteiger partial charge in [0, 0.05) is 17.6 Å². The predicted molar refractivity (Wildman–Crippen MR) is 73.7 cm³/mol. The summed E-state index contributed by atoms with van der Waals surface area (Å²) in [6.45, 7) is 3.05. The summed E-state index contributed by atoms with van der Waals surface area (Å²) in [5.41, 5.74) is 3.96. The molecule has 4 nitrogen and oxygen atoms in total. The van der Waals surface area contributed by atoms with Gasteiger partial charge in [-0.15, -0.1) is 11.3 Å². The molecule has 0 saturated heterocycles. The maximum Gasteiger partial charge on any atom is 0.0970 e. The number of aromatic nitrogens is 2. The number of hydrogen-bond acceptors (Lipinski definition) is 4. The van der Waals surface area contributed by atoms with Crippen molar-refractivity contribution in [3.63, 3.8) is 0 Å². The van der Waals surface area contributed by atoms with E-state index in [0.29, 0.717) is 0 Å². The van der Waals surface area contributed by atoms with Crippen molar-refractivity contribution in [2.75, 3.05) is 0 Å². The molecule has 0 aliphatic carbocycles. The van der Waals surface area contributed by atoms with Crippen molar-refractivity contribution in [2.45, 2.75) is 25.9 Å². The second kappa shape index (κ2) is 5.77. The first-order valence-corrected chi connectivity index (χ1v) is 7.10. The van der Waals surface area contributed by atoms with Crippen LogP contribution in [0.3, 0.4) is 0 Å². The van der Waals surface area contributed by atoms with Crippen LogP contribution in [0.15, 0.2) is 28.2 Å². The molecule has 0 aliphatic rings. The zero-order chi connectivity index (χ0) is 12.3. The molecule has 0 saturated carbocycles. The summed E-state index contributed by atoms with van der Waals surface area (Å²) in [5, 5.41) is 4.32. The lowest BCUT2D eigenvalue weighted by Crippen LogP contribution is -2.30. The molecule has 0 bridgehead atoms. The molecule has 2 rings (SSSR count). The zero-order valence-electron chi connectivity index (χ0n) is 9.56. The van der Waals surface area contributed by atoms with Crippen LogP contribution in [0.25, 0.3) is 0 Å². The fraction of sp³-hybridized carbons (Fsp3) is 0.364. The minimum Gasteiger partial charge on any atom is -0.270 e. The Balaban J connectivity index is 2.31. The van der Waals surface area contributed by atoms with Gasteiger partial charge in [0.1, 0.15) is 0 Å². The molecule has 1 unspecified atom stereocenters. The predicted octanol–water partition coefficient (Wildman–Crippen LogP) is 2.67. The fourth-order valence-electron chi connectivity index (χ4n) is 1.78. The van der Waals surface area contributed by atoms with Gasteiger partial charge in [0.05, 0.1) is 15.5 Å². The van der Waals surface area contributed by atoms with Gasteiger partial charge in [-0.3, -0.25) is 10.5 Å². The van der Waals surface area contributed by atoms with E-state index < -0.39 is 0 Å². The van der Waals surface area contributed by atoms with Crippen LogP contribution in [-0.2, 0) is 6.54 Å². The minimum absolute atomic E-state index is 0.000324. The Morgan fingerprint density at radius 3 is 2.94 bits per heavy atom. The molecule has 0 spiro atoms.